The van der Waals surface area contributed by atoms with Crippen LogP contribution in [-0.4, -0.2) is 5.16 Å². The van der Waals surface area contributed by atoms with E-state index in [1.807, 2.05) is 6.07 Å². The van der Waals surface area contributed by atoms with Gasteiger partial charge in [-0.1, -0.05) is 34.4 Å². The van der Waals surface area contributed by atoms with E-state index < -0.39 is 0 Å². The lowest BCUT2D eigenvalue weighted by molar-refractivity contribution is 0.429. The van der Waals surface area contributed by atoms with Crippen LogP contribution in [0.15, 0.2) is 28.8 Å². The Labute approximate surface area is 96.8 Å². The van der Waals surface area contributed by atoms with Gasteiger partial charge in [-0.3, -0.25) is 0 Å². The number of hydrogen-bond acceptors (Lipinski definition) is 3. The van der Waals surface area contributed by atoms with Gasteiger partial charge in [0.25, 0.3) is 0 Å². The van der Waals surface area contributed by atoms with Crippen molar-refractivity contribution in [2.75, 3.05) is 5.73 Å². The molecule has 0 saturated carbocycles. The van der Waals surface area contributed by atoms with Crippen molar-refractivity contribution >= 4 is 29.1 Å². The van der Waals surface area contributed by atoms with E-state index in [-0.39, 0.29) is 0 Å². The molecule has 15 heavy (non-hydrogen) atoms. The molecule has 0 saturated heterocycles. The van der Waals surface area contributed by atoms with E-state index in [1.54, 1.807) is 18.2 Å². The van der Waals surface area contributed by atoms with Gasteiger partial charge in [0.1, 0.15) is 0 Å². The lowest BCUT2D eigenvalue weighted by Gasteiger charge is -2.01. The Bertz CT molecular complexity index is 482. The third kappa shape index (κ3) is 2.43. The zero-order chi connectivity index (χ0) is 10.8. The molecule has 0 amide bonds. The Morgan fingerprint density at radius 3 is 2.67 bits per heavy atom. The molecular weight excluding hydrogens is 235 g/mol. The summed E-state index contributed by atoms with van der Waals surface area (Å²) in [6.07, 6.45) is 0.580. The zero-order valence-electron chi connectivity index (χ0n) is 7.71. The predicted octanol–water partition coefficient (Wildman–Crippen LogP) is 3.15. The number of halogens is 2. The van der Waals surface area contributed by atoms with Crippen LogP contribution in [-0.2, 0) is 6.42 Å². The molecule has 0 fully saturated rings. The van der Waals surface area contributed by atoms with Crippen LogP contribution in [0.5, 0.6) is 0 Å². The minimum Gasteiger partial charge on any atom is -0.368 e. The standard InChI is InChI=1S/C10H8Cl2N2O/c11-7-2-1-6(9(12)4-7)3-8-5-10(13)15-14-8/h1-2,4-5H,3,13H2. The van der Waals surface area contributed by atoms with Crippen LogP contribution in [0.1, 0.15) is 11.3 Å². The smallest absolute Gasteiger partial charge is 0.222 e. The average molecular weight is 243 g/mol. The number of hydrogen-bond donors (Lipinski definition) is 1. The van der Waals surface area contributed by atoms with Crippen LogP contribution in [0.4, 0.5) is 5.88 Å². The van der Waals surface area contributed by atoms with Crippen molar-refractivity contribution in [2.24, 2.45) is 0 Å². The maximum Gasteiger partial charge on any atom is 0.222 e. The third-order valence-corrected chi connectivity index (χ3v) is 2.55. The monoisotopic (exact) mass is 242 g/mol. The van der Waals surface area contributed by atoms with E-state index in [0.717, 1.165) is 11.3 Å². The molecule has 2 aromatic rings. The summed E-state index contributed by atoms with van der Waals surface area (Å²) >= 11 is 11.8. The van der Waals surface area contributed by atoms with Gasteiger partial charge >= 0.3 is 0 Å². The first-order valence-corrected chi connectivity index (χ1v) is 5.06. The molecule has 2 N–H and O–H groups in total. The number of aromatic nitrogens is 1. The van der Waals surface area contributed by atoms with E-state index in [4.69, 9.17) is 33.5 Å². The molecule has 0 aliphatic heterocycles. The van der Waals surface area contributed by atoms with Crippen molar-refractivity contribution in [3.8, 4) is 0 Å². The highest BCUT2D eigenvalue weighted by Crippen LogP contribution is 2.23. The molecule has 1 aromatic carbocycles. The third-order valence-electron chi connectivity index (χ3n) is 1.96. The van der Waals surface area contributed by atoms with E-state index >= 15 is 0 Å². The summed E-state index contributed by atoms with van der Waals surface area (Å²) in [6.45, 7) is 0. The van der Waals surface area contributed by atoms with Gasteiger partial charge in [0, 0.05) is 22.5 Å². The first-order chi connectivity index (χ1) is 7.15. The molecule has 3 nitrogen and oxygen atoms in total. The van der Waals surface area contributed by atoms with Gasteiger partial charge in [0.15, 0.2) is 0 Å². The predicted molar refractivity (Wildman–Crippen MR) is 60.2 cm³/mol. The molecule has 1 heterocycles. The second kappa shape index (κ2) is 4.13. The highest BCUT2D eigenvalue weighted by Gasteiger charge is 2.06. The molecule has 78 valence electrons. The fourth-order valence-corrected chi connectivity index (χ4v) is 1.75. The van der Waals surface area contributed by atoms with Crippen LogP contribution in [0, 0.1) is 0 Å². The van der Waals surface area contributed by atoms with Crippen molar-refractivity contribution < 1.29 is 4.52 Å². The summed E-state index contributed by atoms with van der Waals surface area (Å²) in [5, 5.41) is 5.01. The number of nitrogens with two attached hydrogens (primary N) is 1. The molecule has 0 bridgehead atoms. The van der Waals surface area contributed by atoms with E-state index in [0.29, 0.717) is 22.4 Å². The van der Waals surface area contributed by atoms with Crippen LogP contribution >= 0.6 is 23.2 Å². The summed E-state index contributed by atoms with van der Waals surface area (Å²) in [4.78, 5) is 0. The molecule has 5 heteroatoms. The molecule has 0 aliphatic rings. The Kier molecular flexibility index (Phi) is 2.84. The molecule has 0 spiro atoms. The van der Waals surface area contributed by atoms with Gasteiger partial charge in [0.05, 0.1) is 5.69 Å². The Balaban J connectivity index is 2.24. The van der Waals surface area contributed by atoms with E-state index in [1.165, 1.54) is 0 Å². The molecule has 0 unspecified atom stereocenters. The van der Waals surface area contributed by atoms with Crippen LogP contribution < -0.4 is 5.73 Å². The topological polar surface area (TPSA) is 52.0 Å². The van der Waals surface area contributed by atoms with E-state index in [2.05, 4.69) is 5.16 Å². The molecule has 0 aliphatic carbocycles. The number of rotatable bonds is 2. The zero-order valence-corrected chi connectivity index (χ0v) is 9.22. The van der Waals surface area contributed by atoms with Crippen molar-refractivity contribution in [3.63, 3.8) is 0 Å². The molecule has 0 atom stereocenters. The largest absolute Gasteiger partial charge is 0.368 e. The maximum absolute atomic E-state index is 6.01. The lowest BCUT2D eigenvalue weighted by atomic mass is 10.1. The second-order valence-electron chi connectivity index (χ2n) is 3.13. The van der Waals surface area contributed by atoms with Crippen molar-refractivity contribution in [2.45, 2.75) is 6.42 Å². The molecule has 1 aromatic heterocycles. The first-order valence-electron chi connectivity index (χ1n) is 4.30. The average Bonchev–Trinajstić information content (AvgIpc) is 2.56. The van der Waals surface area contributed by atoms with Gasteiger partial charge < -0.3 is 10.3 Å². The van der Waals surface area contributed by atoms with Gasteiger partial charge in [-0.25, -0.2) is 0 Å². The van der Waals surface area contributed by atoms with Gasteiger partial charge in [-0.05, 0) is 17.7 Å². The number of nitrogens with zero attached hydrogens (tertiary/aromatic N) is 1. The Morgan fingerprint density at radius 1 is 1.27 bits per heavy atom. The lowest BCUT2D eigenvalue weighted by Crippen LogP contribution is -1.89. The second-order valence-corrected chi connectivity index (χ2v) is 3.98. The fraction of sp³-hybridized carbons (Fsp3) is 0.100. The fourth-order valence-electron chi connectivity index (χ4n) is 1.27. The molecular formula is C10H8Cl2N2O. The van der Waals surface area contributed by atoms with Crippen LogP contribution in [0.3, 0.4) is 0 Å². The summed E-state index contributed by atoms with van der Waals surface area (Å²) in [5.41, 5.74) is 7.10. The van der Waals surface area contributed by atoms with E-state index in [9.17, 15) is 0 Å². The number of benzene rings is 1. The SMILES string of the molecule is Nc1cc(Cc2ccc(Cl)cc2Cl)no1. The van der Waals surface area contributed by atoms with Gasteiger partial charge in [-0.2, -0.15) is 0 Å². The normalized spacial score (nSPS) is 10.5. The van der Waals surface area contributed by atoms with Crippen LogP contribution in [0.2, 0.25) is 10.0 Å². The highest BCUT2D eigenvalue weighted by atomic mass is 35.5. The summed E-state index contributed by atoms with van der Waals surface area (Å²) in [7, 11) is 0. The summed E-state index contributed by atoms with van der Waals surface area (Å²) in [6, 6.07) is 7.01. The van der Waals surface area contributed by atoms with Crippen molar-refractivity contribution in [1.82, 2.24) is 5.16 Å². The van der Waals surface area contributed by atoms with Crippen molar-refractivity contribution in [1.29, 1.82) is 0 Å². The Hall–Kier alpha value is -1.19. The number of nitrogen functional groups attached to an aromatic ring is 1. The maximum atomic E-state index is 6.01. The first kappa shape index (κ1) is 10.3. The summed E-state index contributed by atoms with van der Waals surface area (Å²) in [5.74, 6) is 0.301. The minimum atomic E-state index is 0.301. The Morgan fingerprint density at radius 2 is 2.07 bits per heavy atom. The summed E-state index contributed by atoms with van der Waals surface area (Å²) < 4.78 is 4.76. The highest BCUT2D eigenvalue weighted by molar-refractivity contribution is 6.35. The van der Waals surface area contributed by atoms with Gasteiger partial charge in [0.2, 0.25) is 5.88 Å². The van der Waals surface area contributed by atoms with Gasteiger partial charge in [-0.15, -0.1) is 0 Å². The minimum absolute atomic E-state index is 0.301. The molecule has 2 rings (SSSR count). The van der Waals surface area contributed by atoms with Crippen LogP contribution in [0.25, 0.3) is 0 Å². The molecule has 0 radical (unpaired) electrons. The van der Waals surface area contributed by atoms with Crippen molar-refractivity contribution in [3.05, 3.63) is 45.6 Å². The quantitative estimate of drug-likeness (QED) is 0.881. The number of anilines is 1.